The average molecular weight is 415 g/mol. The molecule has 0 fully saturated rings. The maximum atomic E-state index is 13.1. The summed E-state index contributed by atoms with van der Waals surface area (Å²) in [6.07, 6.45) is 2.03. The molecular formula is C23H46N2O4. The van der Waals surface area contributed by atoms with E-state index in [4.69, 9.17) is 0 Å². The van der Waals surface area contributed by atoms with Gasteiger partial charge in [0.05, 0.1) is 23.3 Å². The molecule has 2 unspecified atom stereocenters. The molecule has 0 heterocycles. The van der Waals surface area contributed by atoms with Crippen LogP contribution in [0.5, 0.6) is 0 Å². The van der Waals surface area contributed by atoms with Crippen molar-refractivity contribution in [2.75, 3.05) is 0 Å². The van der Waals surface area contributed by atoms with Crippen LogP contribution in [-0.2, 0) is 9.59 Å². The van der Waals surface area contributed by atoms with Crippen molar-refractivity contribution in [1.29, 1.82) is 0 Å². The van der Waals surface area contributed by atoms with Crippen molar-refractivity contribution in [3.63, 3.8) is 0 Å². The van der Waals surface area contributed by atoms with E-state index < -0.39 is 40.5 Å². The van der Waals surface area contributed by atoms with E-state index in [1.165, 1.54) is 0 Å². The predicted molar refractivity (Wildman–Crippen MR) is 118 cm³/mol. The highest BCUT2D eigenvalue weighted by atomic mass is 16.3. The van der Waals surface area contributed by atoms with E-state index in [-0.39, 0.29) is 11.8 Å². The average Bonchev–Trinajstić information content (AvgIpc) is 2.67. The third-order valence-electron chi connectivity index (χ3n) is 6.65. The van der Waals surface area contributed by atoms with Crippen molar-refractivity contribution in [2.45, 2.75) is 118 Å². The van der Waals surface area contributed by atoms with E-state index in [1.807, 2.05) is 55.4 Å². The Bertz CT molecular complexity index is 489. The second kappa shape index (κ2) is 10.8. The normalized spacial score (nSPS) is 15.4. The van der Waals surface area contributed by atoms with E-state index in [9.17, 15) is 19.8 Å². The van der Waals surface area contributed by atoms with Crippen LogP contribution in [0.3, 0.4) is 0 Å². The smallest absolute Gasteiger partial charge is 0.235 e. The highest BCUT2D eigenvalue weighted by molar-refractivity contribution is 6.04. The third kappa shape index (κ3) is 6.42. The van der Waals surface area contributed by atoms with Gasteiger partial charge in [-0.15, -0.1) is 0 Å². The minimum atomic E-state index is -1.34. The van der Waals surface area contributed by atoms with Gasteiger partial charge in [-0.1, -0.05) is 55.4 Å². The number of rotatable bonds is 12. The third-order valence-corrected chi connectivity index (χ3v) is 6.65. The fourth-order valence-electron chi connectivity index (χ4n) is 3.97. The zero-order chi connectivity index (χ0) is 23.2. The summed E-state index contributed by atoms with van der Waals surface area (Å²) in [6.45, 7) is 18.5. The molecule has 0 aliphatic carbocycles. The van der Waals surface area contributed by atoms with Gasteiger partial charge in [-0.25, -0.2) is 0 Å². The van der Waals surface area contributed by atoms with Crippen LogP contribution >= 0.6 is 0 Å². The van der Waals surface area contributed by atoms with Crippen LogP contribution in [0.2, 0.25) is 0 Å². The standard InChI is InChI=1S/C23H46N2O4/c1-11-22(28,12-2)17(15(5)6)24-19(26)21(9,10)20(27)25-18(16(7)8)23(29,13-3)14-4/h15-18,28-29H,11-14H2,1-10H3,(H,24,26)(H,25,27). The lowest BCUT2D eigenvalue weighted by molar-refractivity contribution is -0.146. The Balaban J connectivity index is 5.64. The molecule has 0 aromatic carbocycles. The molecule has 0 radical (unpaired) electrons. The second-order valence-electron chi connectivity index (χ2n) is 9.64. The van der Waals surface area contributed by atoms with Crippen LogP contribution in [0.15, 0.2) is 0 Å². The molecule has 0 aliphatic heterocycles. The van der Waals surface area contributed by atoms with Gasteiger partial charge < -0.3 is 20.8 Å². The van der Waals surface area contributed by atoms with Gasteiger partial charge in [0.25, 0.3) is 0 Å². The molecule has 0 aromatic rings. The number of carbonyl (C=O) groups excluding carboxylic acids is 2. The minimum absolute atomic E-state index is 0.0106. The maximum Gasteiger partial charge on any atom is 0.235 e. The molecular weight excluding hydrogens is 368 g/mol. The highest BCUT2D eigenvalue weighted by Crippen LogP contribution is 2.29. The lowest BCUT2D eigenvalue weighted by Crippen LogP contribution is -2.62. The van der Waals surface area contributed by atoms with E-state index in [2.05, 4.69) is 10.6 Å². The van der Waals surface area contributed by atoms with Gasteiger partial charge in [-0.2, -0.15) is 0 Å². The fraction of sp³-hybridized carbons (Fsp3) is 0.913. The molecule has 172 valence electrons. The van der Waals surface area contributed by atoms with Crippen LogP contribution in [0, 0.1) is 17.3 Å². The van der Waals surface area contributed by atoms with Gasteiger partial charge in [-0.3, -0.25) is 9.59 Å². The predicted octanol–water partition coefficient (Wildman–Crippen LogP) is 3.40. The number of aliphatic hydroxyl groups is 2. The van der Waals surface area contributed by atoms with Gasteiger partial charge in [-0.05, 0) is 51.4 Å². The van der Waals surface area contributed by atoms with Crippen LogP contribution in [-0.4, -0.2) is 45.3 Å². The van der Waals surface area contributed by atoms with Crippen molar-refractivity contribution in [3.05, 3.63) is 0 Å². The van der Waals surface area contributed by atoms with E-state index in [0.717, 1.165) is 0 Å². The van der Waals surface area contributed by atoms with E-state index >= 15 is 0 Å². The van der Waals surface area contributed by atoms with Gasteiger partial charge in [0.15, 0.2) is 0 Å². The molecule has 4 N–H and O–H groups in total. The monoisotopic (exact) mass is 414 g/mol. The molecule has 6 nitrogen and oxygen atoms in total. The molecule has 0 saturated carbocycles. The Morgan fingerprint density at radius 3 is 1.10 bits per heavy atom. The topological polar surface area (TPSA) is 98.7 Å². The summed E-state index contributed by atoms with van der Waals surface area (Å²) >= 11 is 0. The lowest BCUT2D eigenvalue weighted by atomic mass is 9.79. The van der Waals surface area contributed by atoms with Crippen molar-refractivity contribution >= 4 is 11.8 Å². The molecule has 6 heteroatoms. The number of hydrogen-bond acceptors (Lipinski definition) is 4. The Morgan fingerprint density at radius 2 is 0.931 bits per heavy atom. The minimum Gasteiger partial charge on any atom is -0.388 e. The van der Waals surface area contributed by atoms with Gasteiger partial charge in [0, 0.05) is 0 Å². The Morgan fingerprint density at radius 1 is 0.690 bits per heavy atom. The lowest BCUT2D eigenvalue weighted by Gasteiger charge is -2.41. The Kier molecular flexibility index (Phi) is 10.3. The summed E-state index contributed by atoms with van der Waals surface area (Å²) in [5, 5.41) is 27.8. The van der Waals surface area contributed by atoms with Crippen molar-refractivity contribution in [3.8, 4) is 0 Å². The fourth-order valence-corrected chi connectivity index (χ4v) is 3.97. The number of hydrogen-bond donors (Lipinski definition) is 4. The molecule has 0 aliphatic rings. The number of nitrogens with one attached hydrogen (secondary N) is 2. The Labute approximate surface area is 178 Å². The second-order valence-corrected chi connectivity index (χ2v) is 9.64. The summed E-state index contributed by atoms with van der Waals surface area (Å²) in [4.78, 5) is 26.2. The largest absolute Gasteiger partial charge is 0.388 e. The summed E-state index contributed by atoms with van der Waals surface area (Å²) in [6, 6.07) is -0.914. The van der Waals surface area contributed by atoms with Crippen LogP contribution < -0.4 is 10.6 Å². The zero-order valence-electron chi connectivity index (χ0n) is 20.3. The summed E-state index contributed by atoms with van der Waals surface area (Å²) in [7, 11) is 0. The molecule has 0 bridgehead atoms. The molecule has 0 rings (SSSR count). The summed E-state index contributed by atoms with van der Waals surface area (Å²) in [5.74, 6) is -0.825. The molecule has 0 saturated heterocycles. The summed E-state index contributed by atoms with van der Waals surface area (Å²) < 4.78 is 0. The van der Waals surface area contributed by atoms with E-state index in [1.54, 1.807) is 13.8 Å². The van der Waals surface area contributed by atoms with Gasteiger partial charge >= 0.3 is 0 Å². The first-order valence-corrected chi connectivity index (χ1v) is 11.2. The van der Waals surface area contributed by atoms with Crippen LogP contribution in [0.25, 0.3) is 0 Å². The first kappa shape index (κ1) is 27.9. The number of amides is 2. The summed E-state index contributed by atoms with van der Waals surface area (Å²) in [5.41, 5.74) is -3.39. The molecule has 29 heavy (non-hydrogen) atoms. The Hall–Kier alpha value is -1.14. The highest BCUT2D eigenvalue weighted by Gasteiger charge is 2.45. The molecule has 2 atom stereocenters. The first-order chi connectivity index (χ1) is 13.2. The van der Waals surface area contributed by atoms with Gasteiger partial charge in [0.1, 0.15) is 5.41 Å². The van der Waals surface area contributed by atoms with Crippen molar-refractivity contribution < 1.29 is 19.8 Å². The number of carbonyl (C=O) groups is 2. The molecule has 0 spiro atoms. The van der Waals surface area contributed by atoms with Crippen LogP contribution in [0.1, 0.15) is 94.9 Å². The molecule has 0 aromatic heterocycles. The van der Waals surface area contributed by atoms with Crippen molar-refractivity contribution in [1.82, 2.24) is 10.6 Å². The van der Waals surface area contributed by atoms with Crippen LogP contribution in [0.4, 0.5) is 0 Å². The maximum absolute atomic E-state index is 13.1. The van der Waals surface area contributed by atoms with Crippen molar-refractivity contribution in [2.24, 2.45) is 17.3 Å². The quantitative estimate of drug-likeness (QED) is 0.368. The molecule has 2 amide bonds. The van der Waals surface area contributed by atoms with E-state index in [0.29, 0.717) is 25.7 Å². The van der Waals surface area contributed by atoms with Gasteiger partial charge in [0.2, 0.25) is 11.8 Å². The first-order valence-electron chi connectivity index (χ1n) is 11.2. The zero-order valence-corrected chi connectivity index (χ0v) is 20.3. The SMILES string of the molecule is CCC(O)(CC)C(NC(=O)C(C)(C)C(=O)NC(C(C)C)C(O)(CC)CC)C(C)C.